The Labute approximate surface area is 137 Å². The summed E-state index contributed by atoms with van der Waals surface area (Å²) in [7, 11) is 1.78. The summed E-state index contributed by atoms with van der Waals surface area (Å²) in [5.41, 5.74) is 1.29. The number of rotatable bonds is 6. The molecule has 24 heavy (non-hydrogen) atoms. The highest BCUT2D eigenvalue weighted by atomic mass is 19.4. The summed E-state index contributed by atoms with van der Waals surface area (Å²) in [6, 6.07) is 4.83. The smallest absolute Gasteiger partial charge is 0.416 e. The van der Waals surface area contributed by atoms with E-state index in [-0.39, 0.29) is 0 Å². The molecule has 0 aliphatic rings. The van der Waals surface area contributed by atoms with Crippen LogP contribution in [-0.2, 0) is 17.5 Å². The van der Waals surface area contributed by atoms with Crippen molar-refractivity contribution >= 4 is 5.97 Å². The van der Waals surface area contributed by atoms with Gasteiger partial charge in [0.25, 0.3) is 0 Å². The lowest BCUT2D eigenvalue weighted by Crippen LogP contribution is -2.28. The number of nitrogens with zero attached hydrogens (tertiary/aromatic N) is 2. The lowest BCUT2D eigenvalue weighted by Gasteiger charge is -2.19. The number of hydrogen-bond donors (Lipinski definition) is 2. The van der Waals surface area contributed by atoms with Crippen molar-refractivity contribution in [2.75, 3.05) is 13.6 Å². The SMILES string of the molecule is CC(CN(C)Cc1cn[nH]c1-c1ccc(C(F)(F)F)cc1)C(=O)O. The molecule has 2 rings (SSSR count). The van der Waals surface area contributed by atoms with Gasteiger partial charge in [0.1, 0.15) is 0 Å². The Kier molecular flexibility index (Phi) is 5.28. The minimum absolute atomic E-state index is 0.354. The molecule has 1 aromatic heterocycles. The van der Waals surface area contributed by atoms with Crippen LogP contribution in [0.5, 0.6) is 0 Å². The first-order valence-corrected chi connectivity index (χ1v) is 7.29. The highest BCUT2D eigenvalue weighted by molar-refractivity contribution is 5.69. The Morgan fingerprint density at radius 3 is 2.50 bits per heavy atom. The molecule has 0 fully saturated rings. The molecule has 0 aliphatic heterocycles. The highest BCUT2D eigenvalue weighted by Crippen LogP contribution is 2.31. The molecule has 1 unspecified atom stereocenters. The van der Waals surface area contributed by atoms with Crippen LogP contribution in [-0.4, -0.2) is 39.8 Å². The minimum atomic E-state index is -4.37. The number of H-pyrrole nitrogens is 1. The summed E-state index contributed by atoms with van der Waals surface area (Å²) in [5, 5.41) is 15.7. The molecule has 1 heterocycles. The van der Waals surface area contributed by atoms with Crippen molar-refractivity contribution < 1.29 is 23.1 Å². The summed E-state index contributed by atoms with van der Waals surface area (Å²) in [6.07, 6.45) is -2.78. The maximum Gasteiger partial charge on any atom is 0.416 e. The molecule has 1 atom stereocenters. The zero-order valence-electron chi connectivity index (χ0n) is 13.3. The Hall–Kier alpha value is -2.35. The second-order valence-corrected chi connectivity index (χ2v) is 5.78. The van der Waals surface area contributed by atoms with Gasteiger partial charge in [-0.05, 0) is 24.7 Å². The largest absolute Gasteiger partial charge is 0.481 e. The summed E-state index contributed by atoms with van der Waals surface area (Å²) in [4.78, 5) is 12.7. The van der Waals surface area contributed by atoms with Crippen LogP contribution < -0.4 is 0 Å². The van der Waals surface area contributed by atoms with Gasteiger partial charge in [-0.1, -0.05) is 19.1 Å². The molecule has 0 aliphatic carbocycles. The number of aliphatic carboxylic acids is 1. The number of carboxylic acid groups (broad SMARTS) is 1. The third-order valence-corrected chi connectivity index (χ3v) is 3.67. The maximum atomic E-state index is 12.6. The number of aromatic nitrogens is 2. The van der Waals surface area contributed by atoms with Crippen molar-refractivity contribution in [1.82, 2.24) is 15.1 Å². The van der Waals surface area contributed by atoms with Gasteiger partial charge in [0.15, 0.2) is 0 Å². The van der Waals surface area contributed by atoms with E-state index in [1.807, 2.05) is 4.90 Å². The molecule has 2 N–H and O–H groups in total. The molecule has 0 saturated carbocycles. The molecule has 1 aromatic carbocycles. The van der Waals surface area contributed by atoms with Crippen LogP contribution in [0.15, 0.2) is 30.5 Å². The lowest BCUT2D eigenvalue weighted by atomic mass is 10.1. The number of nitrogens with one attached hydrogen (secondary N) is 1. The number of aromatic amines is 1. The Balaban J connectivity index is 2.14. The number of hydrogen-bond acceptors (Lipinski definition) is 3. The van der Waals surface area contributed by atoms with Gasteiger partial charge in [-0.2, -0.15) is 18.3 Å². The minimum Gasteiger partial charge on any atom is -0.481 e. The van der Waals surface area contributed by atoms with Crippen molar-refractivity contribution in [2.24, 2.45) is 5.92 Å². The predicted octanol–water partition coefficient (Wildman–Crippen LogP) is 3.25. The molecule has 2 aromatic rings. The summed E-state index contributed by atoms with van der Waals surface area (Å²) >= 11 is 0. The van der Waals surface area contributed by atoms with E-state index in [0.29, 0.717) is 24.3 Å². The van der Waals surface area contributed by atoms with Crippen molar-refractivity contribution in [3.8, 4) is 11.3 Å². The van der Waals surface area contributed by atoms with Crippen LogP contribution in [0.4, 0.5) is 13.2 Å². The molecule has 0 bridgehead atoms. The lowest BCUT2D eigenvalue weighted by molar-refractivity contribution is -0.141. The second kappa shape index (κ2) is 7.04. The fraction of sp³-hybridized carbons (Fsp3) is 0.375. The molecular weight excluding hydrogens is 323 g/mol. The first-order chi connectivity index (χ1) is 11.2. The number of alkyl halides is 3. The number of carbonyl (C=O) groups is 1. The van der Waals surface area contributed by atoms with Gasteiger partial charge in [-0.25, -0.2) is 0 Å². The van der Waals surface area contributed by atoms with Crippen LogP contribution in [0.1, 0.15) is 18.1 Å². The molecule has 0 amide bonds. The van der Waals surface area contributed by atoms with E-state index in [0.717, 1.165) is 17.7 Å². The predicted molar refractivity (Wildman–Crippen MR) is 82.2 cm³/mol. The van der Waals surface area contributed by atoms with Gasteiger partial charge in [-0.15, -0.1) is 0 Å². The number of benzene rings is 1. The fourth-order valence-corrected chi connectivity index (χ4v) is 2.41. The van der Waals surface area contributed by atoms with Gasteiger partial charge in [0, 0.05) is 18.7 Å². The molecule has 0 radical (unpaired) electrons. The molecule has 0 spiro atoms. The van der Waals surface area contributed by atoms with Gasteiger partial charge in [0.2, 0.25) is 0 Å². The van der Waals surface area contributed by atoms with Crippen LogP contribution in [0, 0.1) is 5.92 Å². The molecular formula is C16H18F3N3O2. The summed E-state index contributed by atoms with van der Waals surface area (Å²) in [6.45, 7) is 2.41. The van der Waals surface area contributed by atoms with E-state index in [4.69, 9.17) is 5.11 Å². The topological polar surface area (TPSA) is 69.2 Å². The average molecular weight is 341 g/mol. The summed E-state index contributed by atoms with van der Waals surface area (Å²) < 4.78 is 37.9. The van der Waals surface area contributed by atoms with E-state index in [9.17, 15) is 18.0 Å². The van der Waals surface area contributed by atoms with Gasteiger partial charge in [0.05, 0.1) is 23.4 Å². The first-order valence-electron chi connectivity index (χ1n) is 7.29. The number of halogens is 3. The molecule has 5 nitrogen and oxygen atoms in total. The van der Waals surface area contributed by atoms with Gasteiger partial charge in [-0.3, -0.25) is 9.89 Å². The third-order valence-electron chi connectivity index (χ3n) is 3.67. The van der Waals surface area contributed by atoms with Crippen LogP contribution >= 0.6 is 0 Å². The Morgan fingerprint density at radius 1 is 1.33 bits per heavy atom. The highest BCUT2D eigenvalue weighted by Gasteiger charge is 2.30. The van der Waals surface area contributed by atoms with Crippen molar-refractivity contribution in [3.05, 3.63) is 41.6 Å². The summed E-state index contributed by atoms with van der Waals surface area (Å²) in [5.74, 6) is -1.39. The van der Waals surface area contributed by atoms with Crippen LogP contribution in [0.25, 0.3) is 11.3 Å². The first kappa shape index (κ1) is 18.0. The van der Waals surface area contributed by atoms with Crippen molar-refractivity contribution in [2.45, 2.75) is 19.6 Å². The van der Waals surface area contributed by atoms with Crippen molar-refractivity contribution in [1.29, 1.82) is 0 Å². The Morgan fingerprint density at radius 2 is 1.96 bits per heavy atom. The van der Waals surface area contributed by atoms with Crippen LogP contribution in [0.3, 0.4) is 0 Å². The van der Waals surface area contributed by atoms with Gasteiger partial charge < -0.3 is 10.0 Å². The zero-order valence-corrected chi connectivity index (χ0v) is 13.3. The quantitative estimate of drug-likeness (QED) is 0.846. The third kappa shape index (κ3) is 4.35. The molecule has 130 valence electrons. The van der Waals surface area contributed by atoms with Crippen LogP contribution in [0.2, 0.25) is 0 Å². The number of carboxylic acids is 1. The zero-order chi connectivity index (χ0) is 17.9. The van der Waals surface area contributed by atoms with E-state index in [2.05, 4.69) is 10.2 Å². The monoisotopic (exact) mass is 341 g/mol. The maximum absolute atomic E-state index is 12.6. The van der Waals surface area contributed by atoms with Crippen molar-refractivity contribution in [3.63, 3.8) is 0 Å². The normalized spacial score (nSPS) is 13.2. The van der Waals surface area contributed by atoms with E-state index in [1.165, 1.54) is 12.1 Å². The molecule has 0 saturated heterocycles. The van der Waals surface area contributed by atoms with E-state index in [1.54, 1.807) is 20.2 Å². The Bertz CT molecular complexity index is 695. The van der Waals surface area contributed by atoms with Gasteiger partial charge >= 0.3 is 12.1 Å². The molecule has 8 heteroatoms. The second-order valence-electron chi connectivity index (χ2n) is 5.78. The average Bonchev–Trinajstić information content (AvgIpc) is 2.94. The fourth-order valence-electron chi connectivity index (χ4n) is 2.41. The van der Waals surface area contributed by atoms with E-state index >= 15 is 0 Å². The van der Waals surface area contributed by atoms with E-state index < -0.39 is 23.6 Å². The standard InChI is InChI=1S/C16H18F3N3O2/c1-10(15(23)24)8-22(2)9-12-7-20-21-14(12)11-3-5-13(6-4-11)16(17,18)19/h3-7,10H,8-9H2,1-2H3,(H,20,21)(H,23,24).